The summed E-state index contributed by atoms with van der Waals surface area (Å²) in [5, 5.41) is 6.26. The van der Waals surface area contributed by atoms with Crippen LogP contribution in [0.25, 0.3) is 39.1 Å². The lowest BCUT2D eigenvalue weighted by Crippen LogP contribution is -1.99. The third-order valence-corrected chi connectivity index (χ3v) is 6.04. The highest BCUT2D eigenvalue weighted by atomic mass is 15.3. The Labute approximate surface area is 193 Å². The molecule has 0 spiro atoms. The van der Waals surface area contributed by atoms with E-state index in [-0.39, 0.29) is 0 Å². The molecule has 0 bridgehead atoms. The Balaban J connectivity index is 1.56. The zero-order valence-corrected chi connectivity index (χ0v) is 18.2. The molecule has 6 rings (SSSR count). The summed E-state index contributed by atoms with van der Waals surface area (Å²) in [7, 11) is 0. The first kappa shape index (κ1) is 19.3. The summed E-state index contributed by atoms with van der Waals surface area (Å²) in [6.07, 6.45) is 2.27. The molecular weight excluding hydrogens is 402 g/mol. The van der Waals surface area contributed by atoms with Gasteiger partial charge in [0.25, 0.3) is 0 Å². The average molecular weight is 426 g/mol. The molecule has 0 saturated carbocycles. The highest BCUT2D eigenvalue weighted by molar-refractivity contribution is 5.96. The molecular formula is C30H23N3. The molecule has 2 heterocycles. The van der Waals surface area contributed by atoms with E-state index in [1.807, 2.05) is 12.1 Å². The Morgan fingerprint density at radius 2 is 1.27 bits per heavy atom. The highest BCUT2D eigenvalue weighted by Gasteiger charge is 2.18. The summed E-state index contributed by atoms with van der Waals surface area (Å²) in [4.78, 5) is 0. The summed E-state index contributed by atoms with van der Waals surface area (Å²) >= 11 is 0. The second kappa shape index (κ2) is 8.29. The van der Waals surface area contributed by atoms with Gasteiger partial charge in [-0.25, -0.2) is 4.68 Å². The van der Waals surface area contributed by atoms with Crippen molar-refractivity contribution in [1.29, 1.82) is 0 Å². The Morgan fingerprint density at radius 3 is 2.03 bits per heavy atom. The number of nitrogens with zero attached hydrogens (tertiary/aromatic N) is 3. The Hall–Kier alpha value is -4.37. The minimum atomic E-state index is 0.826. The number of rotatable bonds is 5. The van der Waals surface area contributed by atoms with Crippen LogP contribution in [-0.4, -0.2) is 14.3 Å². The minimum absolute atomic E-state index is 0.826. The Bertz CT molecular complexity index is 1510. The van der Waals surface area contributed by atoms with Gasteiger partial charge in [0.05, 0.1) is 17.1 Å². The molecule has 0 N–H and O–H groups in total. The number of aromatic nitrogens is 3. The van der Waals surface area contributed by atoms with Crippen molar-refractivity contribution >= 4 is 10.9 Å². The summed E-state index contributed by atoms with van der Waals surface area (Å²) < 4.78 is 4.40. The van der Waals surface area contributed by atoms with E-state index in [4.69, 9.17) is 5.10 Å². The van der Waals surface area contributed by atoms with Crippen LogP contribution >= 0.6 is 0 Å². The van der Waals surface area contributed by atoms with E-state index >= 15 is 0 Å². The molecule has 3 nitrogen and oxygen atoms in total. The normalized spacial score (nSPS) is 11.2. The third kappa shape index (κ3) is 3.64. The molecule has 2 aromatic heterocycles. The number of hydrogen-bond donors (Lipinski definition) is 0. The average Bonchev–Trinajstić information content (AvgIpc) is 3.48. The fourth-order valence-electron chi connectivity index (χ4n) is 4.45. The number of fused-ring (bicyclic) bond motifs is 1. The highest BCUT2D eigenvalue weighted by Crippen LogP contribution is 2.35. The molecule has 33 heavy (non-hydrogen) atoms. The fourth-order valence-corrected chi connectivity index (χ4v) is 4.45. The number of benzene rings is 4. The van der Waals surface area contributed by atoms with E-state index in [2.05, 4.69) is 125 Å². The van der Waals surface area contributed by atoms with Gasteiger partial charge >= 0.3 is 0 Å². The lowest BCUT2D eigenvalue weighted by molar-refractivity contribution is 0.835. The molecule has 6 aromatic rings. The first-order valence-corrected chi connectivity index (χ1v) is 11.2. The van der Waals surface area contributed by atoms with Gasteiger partial charge in [-0.1, -0.05) is 97.1 Å². The van der Waals surface area contributed by atoms with Gasteiger partial charge in [0.15, 0.2) is 0 Å². The maximum absolute atomic E-state index is 5.03. The van der Waals surface area contributed by atoms with Crippen LogP contribution in [0.4, 0.5) is 0 Å². The number of para-hydroxylation sites is 2. The first-order valence-electron chi connectivity index (χ1n) is 11.2. The van der Waals surface area contributed by atoms with Gasteiger partial charge < -0.3 is 4.57 Å². The molecule has 0 aliphatic carbocycles. The SMILES string of the molecule is c1ccc(Cn2cc(-c3cc(-c4ccccc4)nn3-c3ccccc3)c3ccccc32)cc1. The maximum atomic E-state index is 5.03. The molecule has 0 aliphatic heterocycles. The van der Waals surface area contributed by atoms with Gasteiger partial charge in [0.2, 0.25) is 0 Å². The molecule has 0 unspecified atom stereocenters. The quantitative estimate of drug-likeness (QED) is 0.286. The van der Waals surface area contributed by atoms with Crippen LogP contribution < -0.4 is 0 Å². The van der Waals surface area contributed by atoms with Gasteiger partial charge in [-0.2, -0.15) is 5.10 Å². The lowest BCUT2D eigenvalue weighted by Gasteiger charge is -2.06. The molecule has 0 atom stereocenters. The monoisotopic (exact) mass is 425 g/mol. The molecule has 4 aromatic carbocycles. The van der Waals surface area contributed by atoms with Crippen LogP contribution in [0.1, 0.15) is 5.56 Å². The van der Waals surface area contributed by atoms with E-state index < -0.39 is 0 Å². The standard InChI is InChI=1S/C30H23N3/c1-4-12-23(13-5-1)21-32-22-27(26-18-10-11-19-29(26)32)30-20-28(24-14-6-2-7-15-24)31-33(30)25-16-8-3-9-17-25/h1-20,22H,21H2. The van der Waals surface area contributed by atoms with Gasteiger partial charge in [0, 0.05) is 34.8 Å². The van der Waals surface area contributed by atoms with Crippen molar-refractivity contribution in [1.82, 2.24) is 14.3 Å². The summed E-state index contributed by atoms with van der Waals surface area (Å²) in [5.74, 6) is 0. The Kier molecular flexibility index (Phi) is 4.85. The molecule has 0 saturated heterocycles. The largest absolute Gasteiger partial charge is 0.342 e. The van der Waals surface area contributed by atoms with E-state index in [1.54, 1.807) is 0 Å². The summed E-state index contributed by atoms with van der Waals surface area (Å²) in [6, 6.07) is 42.2. The van der Waals surface area contributed by atoms with Crippen LogP contribution in [0.2, 0.25) is 0 Å². The van der Waals surface area contributed by atoms with Crippen molar-refractivity contribution in [2.45, 2.75) is 6.54 Å². The van der Waals surface area contributed by atoms with Gasteiger partial charge in [-0.15, -0.1) is 0 Å². The van der Waals surface area contributed by atoms with Crippen molar-refractivity contribution in [2.24, 2.45) is 0 Å². The molecule has 3 heteroatoms. The second-order valence-electron chi connectivity index (χ2n) is 8.20. The Morgan fingerprint density at radius 1 is 0.636 bits per heavy atom. The predicted molar refractivity (Wildman–Crippen MR) is 135 cm³/mol. The van der Waals surface area contributed by atoms with Crippen LogP contribution in [0, 0.1) is 0 Å². The second-order valence-corrected chi connectivity index (χ2v) is 8.20. The summed E-state index contributed by atoms with van der Waals surface area (Å²) in [6.45, 7) is 0.826. The van der Waals surface area contributed by atoms with Crippen LogP contribution in [-0.2, 0) is 6.54 Å². The fraction of sp³-hybridized carbons (Fsp3) is 0.0333. The summed E-state index contributed by atoms with van der Waals surface area (Å²) in [5.41, 5.74) is 7.90. The van der Waals surface area contributed by atoms with E-state index in [0.29, 0.717) is 0 Å². The van der Waals surface area contributed by atoms with Gasteiger partial charge in [-0.05, 0) is 29.8 Å². The zero-order valence-electron chi connectivity index (χ0n) is 18.2. The lowest BCUT2D eigenvalue weighted by atomic mass is 10.1. The van der Waals surface area contributed by atoms with E-state index in [1.165, 1.54) is 22.0 Å². The van der Waals surface area contributed by atoms with Crippen molar-refractivity contribution in [2.75, 3.05) is 0 Å². The maximum Gasteiger partial charge on any atom is 0.0934 e. The van der Waals surface area contributed by atoms with Crippen molar-refractivity contribution in [3.8, 4) is 28.2 Å². The third-order valence-electron chi connectivity index (χ3n) is 6.04. The van der Waals surface area contributed by atoms with Crippen molar-refractivity contribution in [3.63, 3.8) is 0 Å². The topological polar surface area (TPSA) is 22.8 Å². The first-order chi connectivity index (χ1) is 16.4. The number of hydrogen-bond acceptors (Lipinski definition) is 1. The van der Waals surface area contributed by atoms with Crippen LogP contribution in [0.5, 0.6) is 0 Å². The molecule has 0 fully saturated rings. The van der Waals surface area contributed by atoms with E-state index in [0.717, 1.165) is 29.2 Å². The van der Waals surface area contributed by atoms with E-state index in [9.17, 15) is 0 Å². The molecule has 0 radical (unpaired) electrons. The minimum Gasteiger partial charge on any atom is -0.342 e. The van der Waals surface area contributed by atoms with Gasteiger partial charge in [0.1, 0.15) is 0 Å². The zero-order chi connectivity index (χ0) is 22.0. The smallest absolute Gasteiger partial charge is 0.0934 e. The van der Waals surface area contributed by atoms with Crippen LogP contribution in [0.15, 0.2) is 128 Å². The van der Waals surface area contributed by atoms with Crippen molar-refractivity contribution in [3.05, 3.63) is 133 Å². The predicted octanol–water partition coefficient (Wildman–Crippen LogP) is 7.21. The molecule has 158 valence electrons. The molecule has 0 amide bonds. The van der Waals surface area contributed by atoms with Gasteiger partial charge in [-0.3, -0.25) is 0 Å². The van der Waals surface area contributed by atoms with Crippen molar-refractivity contribution < 1.29 is 0 Å². The molecule has 0 aliphatic rings. The van der Waals surface area contributed by atoms with Crippen LogP contribution in [0.3, 0.4) is 0 Å².